The molecular weight excluding hydrogens is 420 g/mol. The summed E-state index contributed by atoms with van der Waals surface area (Å²) < 4.78 is 0.960. The largest absolute Gasteiger partial charge is 0.349 e. The van der Waals surface area contributed by atoms with Gasteiger partial charge in [0.2, 0.25) is 0 Å². The number of hydrogen-bond donors (Lipinski definition) is 2. The maximum Gasteiger partial charge on any atom is 0.251 e. The summed E-state index contributed by atoms with van der Waals surface area (Å²) in [7, 11) is 0. The Balaban J connectivity index is 1.18. The van der Waals surface area contributed by atoms with Crippen LogP contribution in [0.2, 0.25) is 0 Å². The Bertz CT molecular complexity index is 1190. The highest BCUT2D eigenvalue weighted by atomic mass is 32.1. The zero-order valence-electron chi connectivity index (χ0n) is 17.6. The van der Waals surface area contributed by atoms with E-state index in [0.717, 1.165) is 47.8 Å². The van der Waals surface area contributed by atoms with Crippen LogP contribution in [0.15, 0.2) is 67.1 Å². The summed E-state index contributed by atoms with van der Waals surface area (Å²) >= 11 is 1.49. The van der Waals surface area contributed by atoms with Gasteiger partial charge in [0.25, 0.3) is 5.91 Å². The van der Waals surface area contributed by atoms with Crippen LogP contribution in [0.1, 0.15) is 28.8 Å². The first-order valence-corrected chi connectivity index (χ1v) is 11.6. The highest BCUT2D eigenvalue weighted by Gasteiger charge is 2.21. The van der Waals surface area contributed by atoms with Gasteiger partial charge >= 0.3 is 0 Å². The molecule has 2 N–H and O–H groups in total. The minimum Gasteiger partial charge on any atom is -0.349 e. The van der Waals surface area contributed by atoms with E-state index in [1.165, 1.54) is 16.9 Å². The topological polar surface area (TPSA) is 83.0 Å². The van der Waals surface area contributed by atoms with Crippen molar-refractivity contribution >= 4 is 38.4 Å². The maximum atomic E-state index is 12.9. The number of aromatic nitrogens is 3. The Labute approximate surface area is 190 Å². The number of anilines is 2. The van der Waals surface area contributed by atoms with E-state index in [1.54, 1.807) is 18.6 Å². The van der Waals surface area contributed by atoms with Crippen molar-refractivity contribution in [3.8, 4) is 0 Å². The van der Waals surface area contributed by atoms with E-state index >= 15 is 0 Å². The Morgan fingerprint density at radius 2 is 1.94 bits per heavy atom. The van der Waals surface area contributed by atoms with E-state index in [-0.39, 0.29) is 11.9 Å². The van der Waals surface area contributed by atoms with Crippen LogP contribution >= 0.6 is 11.3 Å². The molecule has 1 aliphatic rings. The number of thiazole rings is 1. The average Bonchev–Trinajstić information content (AvgIpc) is 3.23. The van der Waals surface area contributed by atoms with Gasteiger partial charge in [-0.1, -0.05) is 41.7 Å². The molecule has 0 radical (unpaired) electrons. The van der Waals surface area contributed by atoms with Crippen LogP contribution in [-0.4, -0.2) is 44.9 Å². The Hall–Kier alpha value is -3.36. The molecule has 0 aliphatic carbocycles. The van der Waals surface area contributed by atoms with E-state index in [1.807, 2.05) is 24.3 Å². The third-order valence-electron chi connectivity index (χ3n) is 5.62. The van der Waals surface area contributed by atoms with E-state index in [9.17, 15) is 4.79 Å². The van der Waals surface area contributed by atoms with E-state index in [4.69, 9.17) is 0 Å². The van der Waals surface area contributed by atoms with Gasteiger partial charge in [-0.25, -0.2) is 9.97 Å². The normalized spacial score (nSPS) is 15.0. The lowest BCUT2D eigenvalue weighted by molar-refractivity contribution is 0.0909. The lowest BCUT2D eigenvalue weighted by Gasteiger charge is -2.32. The monoisotopic (exact) mass is 444 g/mol. The number of carbonyl (C=O) groups is 1. The van der Waals surface area contributed by atoms with Crippen molar-refractivity contribution in [1.29, 1.82) is 0 Å². The molecule has 0 unspecified atom stereocenters. The Kier molecular flexibility index (Phi) is 6.04. The highest BCUT2D eigenvalue weighted by Crippen LogP contribution is 2.28. The number of benzene rings is 2. The lowest BCUT2D eigenvalue weighted by Crippen LogP contribution is -2.44. The summed E-state index contributed by atoms with van der Waals surface area (Å²) in [6.07, 6.45) is 6.84. The van der Waals surface area contributed by atoms with Gasteiger partial charge in [-0.2, -0.15) is 0 Å². The Morgan fingerprint density at radius 1 is 1.09 bits per heavy atom. The molecule has 7 nitrogen and oxygen atoms in total. The fourth-order valence-electron chi connectivity index (χ4n) is 3.94. The molecule has 162 valence electrons. The molecule has 0 bridgehead atoms. The second-order valence-electron chi connectivity index (χ2n) is 7.93. The number of likely N-dealkylation sites (tertiary alicyclic amines) is 1. The average molecular weight is 445 g/mol. The second-order valence-corrected chi connectivity index (χ2v) is 8.96. The first-order valence-electron chi connectivity index (χ1n) is 10.7. The standard InChI is InChI=1S/C24H24N6OS/c31-23(27-19-8-12-30(13-9-19)16-17-4-2-1-3-5-17)18-6-7-20-21(14-18)32-24(28-20)29-22-15-25-10-11-26-22/h1-7,10-11,14-15,19H,8-9,12-13,16H2,(H,27,31)(H,26,28,29). The minimum absolute atomic E-state index is 0.0229. The Morgan fingerprint density at radius 3 is 2.72 bits per heavy atom. The van der Waals surface area contributed by atoms with Crippen molar-refractivity contribution in [2.75, 3.05) is 18.4 Å². The molecule has 0 saturated carbocycles. The summed E-state index contributed by atoms with van der Waals surface area (Å²) in [5, 5.41) is 7.10. The minimum atomic E-state index is -0.0229. The van der Waals surface area contributed by atoms with Crippen molar-refractivity contribution in [3.05, 3.63) is 78.2 Å². The summed E-state index contributed by atoms with van der Waals surface area (Å²) in [6.45, 7) is 2.95. The van der Waals surface area contributed by atoms with Crippen molar-refractivity contribution in [1.82, 2.24) is 25.2 Å². The van der Waals surface area contributed by atoms with E-state index in [2.05, 4.69) is 54.8 Å². The third kappa shape index (κ3) is 4.92. The van der Waals surface area contributed by atoms with Gasteiger partial charge in [0.05, 0.1) is 16.4 Å². The van der Waals surface area contributed by atoms with Gasteiger partial charge < -0.3 is 10.6 Å². The molecule has 0 atom stereocenters. The first kappa shape index (κ1) is 20.5. The van der Waals surface area contributed by atoms with Crippen molar-refractivity contribution in [2.24, 2.45) is 0 Å². The molecule has 5 rings (SSSR count). The highest BCUT2D eigenvalue weighted by molar-refractivity contribution is 7.22. The number of nitrogens with zero attached hydrogens (tertiary/aromatic N) is 4. The summed E-state index contributed by atoms with van der Waals surface area (Å²) in [4.78, 5) is 28.1. The zero-order chi connectivity index (χ0) is 21.8. The van der Waals surface area contributed by atoms with Crippen LogP contribution in [0.3, 0.4) is 0 Å². The molecular formula is C24H24N6OS. The summed E-state index contributed by atoms with van der Waals surface area (Å²) in [5.74, 6) is 0.619. The number of amides is 1. The van der Waals surface area contributed by atoms with Crippen LogP contribution in [0, 0.1) is 0 Å². The summed E-state index contributed by atoms with van der Waals surface area (Å²) in [6, 6.07) is 16.4. The van der Waals surface area contributed by atoms with Gasteiger partial charge in [0.15, 0.2) is 10.9 Å². The molecule has 32 heavy (non-hydrogen) atoms. The molecule has 1 aliphatic heterocycles. The first-order chi connectivity index (χ1) is 15.7. The van der Waals surface area contributed by atoms with Gasteiger partial charge in [-0.3, -0.25) is 14.7 Å². The SMILES string of the molecule is O=C(NC1CCN(Cc2ccccc2)CC1)c1ccc2nc(Nc3cnccn3)sc2c1. The van der Waals surface area contributed by atoms with Gasteiger partial charge in [-0.15, -0.1) is 0 Å². The molecule has 8 heteroatoms. The quantitative estimate of drug-likeness (QED) is 0.463. The van der Waals surface area contributed by atoms with Crippen molar-refractivity contribution in [2.45, 2.75) is 25.4 Å². The lowest BCUT2D eigenvalue weighted by atomic mass is 10.0. The van der Waals surface area contributed by atoms with Crippen molar-refractivity contribution < 1.29 is 4.79 Å². The fraction of sp³-hybridized carbons (Fsp3) is 0.250. The number of rotatable bonds is 6. The third-order valence-corrected chi connectivity index (χ3v) is 6.55. The molecule has 0 spiro atoms. The van der Waals surface area contributed by atoms with Gasteiger partial charge in [0.1, 0.15) is 0 Å². The van der Waals surface area contributed by atoms with Crippen LogP contribution in [0.4, 0.5) is 10.9 Å². The second kappa shape index (κ2) is 9.42. The van der Waals surface area contributed by atoms with Crippen LogP contribution < -0.4 is 10.6 Å². The zero-order valence-corrected chi connectivity index (χ0v) is 18.4. The number of carbonyl (C=O) groups excluding carboxylic acids is 1. The molecule has 4 aromatic rings. The number of nitrogens with one attached hydrogen (secondary N) is 2. The summed E-state index contributed by atoms with van der Waals surface area (Å²) in [5.41, 5.74) is 2.85. The fourth-order valence-corrected chi connectivity index (χ4v) is 4.85. The molecule has 2 aromatic carbocycles. The van der Waals surface area contributed by atoms with Crippen LogP contribution in [0.25, 0.3) is 10.2 Å². The van der Waals surface area contributed by atoms with Gasteiger partial charge in [0, 0.05) is 43.6 Å². The number of piperidine rings is 1. The predicted octanol–water partition coefficient (Wildman–Crippen LogP) is 4.22. The molecule has 1 amide bonds. The van der Waals surface area contributed by atoms with Crippen molar-refractivity contribution in [3.63, 3.8) is 0 Å². The van der Waals surface area contributed by atoms with E-state index < -0.39 is 0 Å². The number of fused-ring (bicyclic) bond motifs is 1. The molecule has 1 fully saturated rings. The predicted molar refractivity (Wildman–Crippen MR) is 127 cm³/mol. The molecule has 1 saturated heterocycles. The molecule has 2 aromatic heterocycles. The molecule has 3 heterocycles. The maximum absolute atomic E-state index is 12.9. The van der Waals surface area contributed by atoms with E-state index in [0.29, 0.717) is 11.4 Å². The smallest absolute Gasteiger partial charge is 0.251 e. The van der Waals surface area contributed by atoms with Crippen LogP contribution in [0.5, 0.6) is 0 Å². The van der Waals surface area contributed by atoms with Gasteiger partial charge in [-0.05, 0) is 36.6 Å². The van der Waals surface area contributed by atoms with Crippen LogP contribution in [-0.2, 0) is 6.54 Å². The number of hydrogen-bond acceptors (Lipinski definition) is 7.